The molecule has 0 saturated carbocycles. The molecule has 0 fully saturated rings. The Labute approximate surface area is 169 Å². The standard InChI is InChI=1S/C22H24N2O5/c1-14(2)10-11-28-18-9-8-16(13-19(18)27-3)21(25)23-24-22(26)20-12-15-6-4-5-7-17(15)29-20/h4-9,12-14H,10-11H2,1-3H3,(H,23,25)(H,24,26). The summed E-state index contributed by atoms with van der Waals surface area (Å²) in [6.07, 6.45) is 0.916. The van der Waals surface area contributed by atoms with Gasteiger partial charge in [0.2, 0.25) is 0 Å². The zero-order chi connectivity index (χ0) is 20.8. The maximum Gasteiger partial charge on any atom is 0.305 e. The van der Waals surface area contributed by atoms with Crippen molar-refractivity contribution in [3.8, 4) is 11.5 Å². The van der Waals surface area contributed by atoms with E-state index in [4.69, 9.17) is 13.9 Å². The van der Waals surface area contributed by atoms with E-state index in [0.717, 1.165) is 11.8 Å². The van der Waals surface area contributed by atoms with Gasteiger partial charge in [0.1, 0.15) is 5.58 Å². The molecule has 2 N–H and O–H groups in total. The van der Waals surface area contributed by atoms with Crippen molar-refractivity contribution in [1.82, 2.24) is 10.9 Å². The van der Waals surface area contributed by atoms with Gasteiger partial charge in [-0.3, -0.25) is 20.4 Å². The Kier molecular flexibility index (Phi) is 6.39. The van der Waals surface area contributed by atoms with Crippen LogP contribution in [0.3, 0.4) is 0 Å². The number of amides is 2. The van der Waals surface area contributed by atoms with E-state index in [0.29, 0.717) is 35.2 Å². The average Bonchev–Trinajstić information content (AvgIpc) is 3.16. The van der Waals surface area contributed by atoms with Gasteiger partial charge in [-0.25, -0.2) is 0 Å². The molecule has 3 aromatic rings. The van der Waals surface area contributed by atoms with Gasteiger partial charge in [-0.15, -0.1) is 0 Å². The number of ether oxygens (including phenoxy) is 2. The van der Waals surface area contributed by atoms with Crippen molar-refractivity contribution in [2.75, 3.05) is 13.7 Å². The molecule has 152 valence electrons. The predicted molar refractivity (Wildman–Crippen MR) is 109 cm³/mol. The number of fused-ring (bicyclic) bond motifs is 1. The molecule has 0 saturated heterocycles. The minimum absolute atomic E-state index is 0.109. The number of hydrogen-bond donors (Lipinski definition) is 2. The Bertz CT molecular complexity index is 976. The van der Waals surface area contributed by atoms with Gasteiger partial charge in [0.25, 0.3) is 5.91 Å². The maximum atomic E-state index is 12.4. The quantitative estimate of drug-likeness (QED) is 0.591. The van der Waals surface area contributed by atoms with E-state index < -0.39 is 11.8 Å². The van der Waals surface area contributed by atoms with Crippen LogP contribution in [-0.2, 0) is 0 Å². The molecule has 0 aliphatic carbocycles. The fourth-order valence-electron chi connectivity index (χ4n) is 2.67. The molecule has 2 aromatic carbocycles. The molecule has 1 aromatic heterocycles. The molecule has 0 unspecified atom stereocenters. The van der Waals surface area contributed by atoms with Gasteiger partial charge in [0.05, 0.1) is 13.7 Å². The summed E-state index contributed by atoms with van der Waals surface area (Å²) in [5.41, 5.74) is 5.65. The van der Waals surface area contributed by atoms with Crippen LogP contribution in [0.4, 0.5) is 0 Å². The number of methoxy groups -OCH3 is 1. The van der Waals surface area contributed by atoms with E-state index in [-0.39, 0.29) is 5.76 Å². The van der Waals surface area contributed by atoms with Gasteiger partial charge >= 0.3 is 5.91 Å². The van der Waals surface area contributed by atoms with Crippen molar-refractivity contribution in [3.05, 3.63) is 59.9 Å². The van der Waals surface area contributed by atoms with E-state index in [2.05, 4.69) is 24.7 Å². The highest BCUT2D eigenvalue weighted by molar-refractivity contribution is 6.00. The molecule has 29 heavy (non-hydrogen) atoms. The number of carbonyl (C=O) groups excluding carboxylic acids is 2. The van der Waals surface area contributed by atoms with Crippen LogP contribution >= 0.6 is 0 Å². The monoisotopic (exact) mass is 396 g/mol. The summed E-state index contributed by atoms with van der Waals surface area (Å²) < 4.78 is 16.5. The Morgan fingerprint density at radius 3 is 2.48 bits per heavy atom. The SMILES string of the molecule is COc1cc(C(=O)NNC(=O)c2cc3ccccc3o2)ccc1OCCC(C)C. The molecular weight excluding hydrogens is 372 g/mol. The van der Waals surface area contributed by atoms with Crippen molar-refractivity contribution in [1.29, 1.82) is 0 Å². The summed E-state index contributed by atoms with van der Waals surface area (Å²) in [4.78, 5) is 24.6. The molecule has 0 bridgehead atoms. The van der Waals surface area contributed by atoms with E-state index in [9.17, 15) is 9.59 Å². The third kappa shape index (κ3) is 5.07. The molecule has 0 atom stereocenters. The number of nitrogens with one attached hydrogen (secondary N) is 2. The van der Waals surface area contributed by atoms with Crippen LogP contribution in [0.1, 0.15) is 41.2 Å². The highest BCUT2D eigenvalue weighted by atomic mass is 16.5. The van der Waals surface area contributed by atoms with Gasteiger partial charge in [-0.05, 0) is 42.7 Å². The number of rotatable bonds is 7. The second kappa shape index (κ2) is 9.14. The van der Waals surface area contributed by atoms with Crippen LogP contribution < -0.4 is 20.3 Å². The van der Waals surface area contributed by atoms with E-state index in [1.165, 1.54) is 7.11 Å². The zero-order valence-corrected chi connectivity index (χ0v) is 16.7. The Hall–Kier alpha value is -3.48. The molecule has 0 spiro atoms. The van der Waals surface area contributed by atoms with Crippen molar-refractivity contribution < 1.29 is 23.5 Å². The normalized spacial score (nSPS) is 10.8. The summed E-state index contributed by atoms with van der Waals surface area (Å²) in [6.45, 7) is 4.80. The number of para-hydroxylation sites is 1. The molecule has 0 radical (unpaired) electrons. The van der Waals surface area contributed by atoms with Gasteiger partial charge in [0, 0.05) is 10.9 Å². The van der Waals surface area contributed by atoms with Crippen molar-refractivity contribution in [3.63, 3.8) is 0 Å². The summed E-state index contributed by atoms with van der Waals surface area (Å²) in [7, 11) is 1.51. The van der Waals surface area contributed by atoms with Crippen LogP contribution in [0, 0.1) is 5.92 Å². The van der Waals surface area contributed by atoms with E-state index in [1.807, 2.05) is 18.2 Å². The molecule has 0 aliphatic heterocycles. The highest BCUT2D eigenvalue weighted by Gasteiger charge is 2.15. The fraction of sp³-hybridized carbons (Fsp3) is 0.273. The lowest BCUT2D eigenvalue weighted by molar-refractivity contribution is 0.0832. The fourth-order valence-corrected chi connectivity index (χ4v) is 2.67. The Morgan fingerprint density at radius 2 is 1.76 bits per heavy atom. The number of hydrazine groups is 1. The second-order valence-corrected chi connectivity index (χ2v) is 6.95. The number of furan rings is 1. The first-order valence-electron chi connectivity index (χ1n) is 9.38. The maximum absolute atomic E-state index is 12.4. The Morgan fingerprint density at radius 1 is 1.00 bits per heavy atom. The average molecular weight is 396 g/mol. The summed E-state index contributed by atoms with van der Waals surface area (Å²) >= 11 is 0. The van der Waals surface area contributed by atoms with E-state index in [1.54, 1.807) is 30.3 Å². The summed E-state index contributed by atoms with van der Waals surface area (Å²) in [5.74, 6) is 0.622. The molecular formula is C22H24N2O5. The number of hydrogen-bond acceptors (Lipinski definition) is 5. The largest absolute Gasteiger partial charge is 0.493 e. The second-order valence-electron chi connectivity index (χ2n) is 6.95. The first-order chi connectivity index (χ1) is 14.0. The van der Waals surface area contributed by atoms with Crippen molar-refractivity contribution >= 4 is 22.8 Å². The smallest absolute Gasteiger partial charge is 0.305 e. The van der Waals surface area contributed by atoms with Gasteiger partial charge in [-0.1, -0.05) is 32.0 Å². The first kappa shape index (κ1) is 20.3. The van der Waals surface area contributed by atoms with Crippen LogP contribution in [0.2, 0.25) is 0 Å². The summed E-state index contributed by atoms with van der Waals surface area (Å²) in [5, 5.41) is 0.807. The lowest BCUT2D eigenvalue weighted by atomic mass is 10.1. The molecule has 7 heteroatoms. The first-order valence-corrected chi connectivity index (χ1v) is 9.38. The van der Waals surface area contributed by atoms with Crippen molar-refractivity contribution in [2.24, 2.45) is 5.92 Å². The van der Waals surface area contributed by atoms with Gasteiger partial charge in [0.15, 0.2) is 17.3 Å². The Balaban J connectivity index is 1.61. The molecule has 2 amide bonds. The minimum Gasteiger partial charge on any atom is -0.493 e. The van der Waals surface area contributed by atoms with Crippen LogP contribution in [0.15, 0.2) is 52.9 Å². The van der Waals surface area contributed by atoms with Crippen LogP contribution in [0.5, 0.6) is 11.5 Å². The lowest BCUT2D eigenvalue weighted by Crippen LogP contribution is -2.41. The molecule has 1 heterocycles. The molecule has 3 rings (SSSR count). The van der Waals surface area contributed by atoms with Crippen LogP contribution in [0.25, 0.3) is 11.0 Å². The third-order valence-corrected chi connectivity index (χ3v) is 4.32. The molecule has 7 nitrogen and oxygen atoms in total. The predicted octanol–water partition coefficient (Wildman–Crippen LogP) is 3.94. The number of carbonyl (C=O) groups is 2. The van der Waals surface area contributed by atoms with Gasteiger partial charge < -0.3 is 13.9 Å². The van der Waals surface area contributed by atoms with Crippen molar-refractivity contribution in [2.45, 2.75) is 20.3 Å². The van der Waals surface area contributed by atoms with Gasteiger partial charge in [-0.2, -0.15) is 0 Å². The third-order valence-electron chi connectivity index (χ3n) is 4.32. The van der Waals surface area contributed by atoms with E-state index >= 15 is 0 Å². The lowest BCUT2D eigenvalue weighted by Gasteiger charge is -2.13. The van der Waals surface area contributed by atoms with Crippen LogP contribution in [-0.4, -0.2) is 25.5 Å². The highest BCUT2D eigenvalue weighted by Crippen LogP contribution is 2.28. The number of benzene rings is 2. The minimum atomic E-state index is -0.546. The topological polar surface area (TPSA) is 89.8 Å². The summed E-state index contributed by atoms with van der Waals surface area (Å²) in [6, 6.07) is 13.7. The zero-order valence-electron chi connectivity index (χ0n) is 16.7. The molecule has 0 aliphatic rings.